The molecule has 20 heavy (non-hydrogen) atoms. The van der Waals surface area contributed by atoms with Gasteiger partial charge in [0.2, 0.25) is 0 Å². The Bertz CT molecular complexity index is 510. The van der Waals surface area contributed by atoms with Crippen LogP contribution in [0.1, 0.15) is 53.7 Å². The van der Waals surface area contributed by atoms with E-state index in [2.05, 4.69) is 5.32 Å². The molecule has 3 nitrogen and oxygen atoms in total. The molecule has 0 aromatic heterocycles. The van der Waals surface area contributed by atoms with Crippen molar-refractivity contribution < 1.29 is 4.79 Å². The van der Waals surface area contributed by atoms with Crippen molar-refractivity contribution in [3.8, 4) is 0 Å². The third-order valence-electron chi connectivity index (χ3n) is 3.94. The molecule has 0 radical (unpaired) electrons. The summed E-state index contributed by atoms with van der Waals surface area (Å²) >= 11 is 5.15. The molecule has 0 unspecified atom stereocenters. The van der Waals surface area contributed by atoms with Gasteiger partial charge in [0.15, 0.2) is 0 Å². The predicted molar refractivity (Wildman–Crippen MR) is 88.2 cm³/mol. The van der Waals surface area contributed by atoms with Crippen molar-refractivity contribution in [1.29, 1.82) is 0 Å². The van der Waals surface area contributed by atoms with Crippen LogP contribution in [0.25, 0.3) is 0 Å². The van der Waals surface area contributed by atoms with Crippen LogP contribution in [0.3, 0.4) is 0 Å². The number of benzene rings is 1. The Hall–Kier alpha value is -1.42. The second-order valence-electron chi connectivity index (χ2n) is 5.38. The lowest BCUT2D eigenvalue weighted by Gasteiger charge is -2.32. The minimum absolute atomic E-state index is 0.100. The first-order chi connectivity index (χ1) is 9.27. The summed E-state index contributed by atoms with van der Waals surface area (Å²) in [6.45, 7) is 9.90. The second kappa shape index (κ2) is 6.35. The first-order valence-electron chi connectivity index (χ1n) is 6.97. The summed E-state index contributed by atoms with van der Waals surface area (Å²) in [4.78, 5) is 13.0. The molecule has 0 aliphatic rings. The molecule has 3 N–H and O–H groups in total. The van der Waals surface area contributed by atoms with Crippen LogP contribution in [0.2, 0.25) is 0 Å². The number of hydrogen-bond acceptors (Lipinski definition) is 2. The second-order valence-corrected chi connectivity index (χ2v) is 5.82. The smallest absolute Gasteiger partial charge is 0.252 e. The lowest BCUT2D eigenvalue weighted by molar-refractivity contribution is 0.0918. The van der Waals surface area contributed by atoms with E-state index in [4.69, 9.17) is 18.0 Å². The van der Waals surface area contributed by atoms with Crippen LogP contribution in [0.15, 0.2) is 12.1 Å². The summed E-state index contributed by atoms with van der Waals surface area (Å²) in [5.74, 6) is -0.100. The first kappa shape index (κ1) is 16.6. The minimum Gasteiger partial charge on any atom is -0.391 e. The van der Waals surface area contributed by atoms with E-state index in [0.29, 0.717) is 17.8 Å². The van der Waals surface area contributed by atoms with Gasteiger partial charge in [-0.15, -0.1) is 0 Å². The molecule has 0 fully saturated rings. The van der Waals surface area contributed by atoms with Gasteiger partial charge in [-0.1, -0.05) is 43.8 Å². The quantitative estimate of drug-likeness (QED) is 0.820. The maximum absolute atomic E-state index is 12.6. The predicted octanol–water partition coefficient (Wildman–Crippen LogP) is 3.19. The number of thiocarbonyl (C=S) groups is 1. The molecule has 1 amide bonds. The molecule has 0 saturated heterocycles. The van der Waals surface area contributed by atoms with Crippen LogP contribution in [-0.2, 0) is 0 Å². The maximum atomic E-state index is 12.6. The third-order valence-corrected chi connectivity index (χ3v) is 4.33. The summed E-state index contributed by atoms with van der Waals surface area (Å²) < 4.78 is 0. The lowest BCUT2D eigenvalue weighted by Crippen LogP contribution is -2.56. The summed E-state index contributed by atoms with van der Waals surface area (Å²) in [6, 6.07) is 4.03. The Kier molecular flexibility index (Phi) is 5.28. The van der Waals surface area contributed by atoms with Gasteiger partial charge in [-0.2, -0.15) is 0 Å². The molecule has 0 heterocycles. The van der Waals surface area contributed by atoms with E-state index in [1.807, 2.05) is 46.8 Å². The summed E-state index contributed by atoms with van der Waals surface area (Å²) in [5, 5.41) is 3.04. The largest absolute Gasteiger partial charge is 0.391 e. The third kappa shape index (κ3) is 3.18. The van der Waals surface area contributed by atoms with Gasteiger partial charge in [-0.25, -0.2) is 0 Å². The van der Waals surface area contributed by atoms with Crippen LogP contribution in [0.4, 0.5) is 0 Å². The average Bonchev–Trinajstić information content (AvgIpc) is 2.34. The molecule has 0 saturated carbocycles. The van der Waals surface area contributed by atoms with E-state index in [1.54, 1.807) is 0 Å². The highest BCUT2D eigenvalue weighted by Crippen LogP contribution is 2.20. The Morgan fingerprint density at radius 2 is 1.65 bits per heavy atom. The monoisotopic (exact) mass is 292 g/mol. The van der Waals surface area contributed by atoms with E-state index in [-0.39, 0.29) is 5.91 Å². The van der Waals surface area contributed by atoms with E-state index in [0.717, 1.165) is 22.3 Å². The van der Waals surface area contributed by atoms with Crippen LogP contribution in [-0.4, -0.2) is 16.4 Å². The average molecular weight is 292 g/mol. The van der Waals surface area contributed by atoms with Crippen molar-refractivity contribution in [3.63, 3.8) is 0 Å². The van der Waals surface area contributed by atoms with Crippen molar-refractivity contribution in [3.05, 3.63) is 34.4 Å². The summed E-state index contributed by atoms with van der Waals surface area (Å²) in [6.07, 6.45) is 1.38. The number of rotatable bonds is 5. The van der Waals surface area contributed by atoms with Gasteiger partial charge >= 0.3 is 0 Å². The van der Waals surface area contributed by atoms with E-state index < -0.39 is 5.54 Å². The van der Waals surface area contributed by atoms with Crippen LogP contribution in [0.5, 0.6) is 0 Å². The van der Waals surface area contributed by atoms with Gasteiger partial charge in [0.05, 0.1) is 10.5 Å². The number of nitrogens with one attached hydrogen (secondary N) is 1. The SMILES string of the molecule is CCC(CC)(NC(=O)c1c(C)cc(C)cc1C)C(N)=S. The van der Waals surface area contributed by atoms with E-state index >= 15 is 0 Å². The van der Waals surface area contributed by atoms with Gasteiger partial charge < -0.3 is 11.1 Å². The molecular weight excluding hydrogens is 268 g/mol. The topological polar surface area (TPSA) is 55.1 Å². The highest BCUT2D eigenvalue weighted by atomic mass is 32.1. The van der Waals surface area contributed by atoms with E-state index in [1.165, 1.54) is 0 Å². The number of aryl methyl sites for hydroxylation is 3. The Labute approximate surface area is 126 Å². The standard InChI is InChI=1S/C16H24N2OS/c1-6-16(7-2,15(17)20)18-14(19)13-11(4)8-10(3)9-12(13)5/h8-9H,6-7H2,1-5H3,(H2,17,20)(H,18,19). The van der Waals surface area contributed by atoms with Gasteiger partial charge in [-0.05, 0) is 44.7 Å². The van der Waals surface area contributed by atoms with Gasteiger partial charge in [0, 0.05) is 5.56 Å². The molecule has 1 aromatic carbocycles. The number of amides is 1. The van der Waals surface area contributed by atoms with Crippen molar-refractivity contribution in [2.75, 3.05) is 0 Å². The van der Waals surface area contributed by atoms with Crippen LogP contribution in [0, 0.1) is 20.8 Å². The molecule has 0 spiro atoms. The van der Waals surface area contributed by atoms with Gasteiger partial charge in [0.25, 0.3) is 5.91 Å². The van der Waals surface area contributed by atoms with Crippen molar-refractivity contribution in [2.24, 2.45) is 5.73 Å². The van der Waals surface area contributed by atoms with Gasteiger partial charge in [-0.3, -0.25) is 4.79 Å². The van der Waals surface area contributed by atoms with Crippen molar-refractivity contribution in [2.45, 2.75) is 53.0 Å². The Morgan fingerprint density at radius 1 is 1.20 bits per heavy atom. The highest BCUT2D eigenvalue weighted by Gasteiger charge is 2.32. The number of nitrogens with two attached hydrogens (primary N) is 1. The maximum Gasteiger partial charge on any atom is 0.252 e. The van der Waals surface area contributed by atoms with Crippen LogP contribution < -0.4 is 11.1 Å². The summed E-state index contributed by atoms with van der Waals surface area (Å²) in [7, 11) is 0. The zero-order valence-corrected chi connectivity index (χ0v) is 13.8. The minimum atomic E-state index is -0.601. The van der Waals surface area contributed by atoms with Crippen molar-refractivity contribution >= 4 is 23.1 Å². The molecule has 1 rings (SSSR count). The molecule has 4 heteroatoms. The molecule has 110 valence electrons. The fourth-order valence-electron chi connectivity index (χ4n) is 2.65. The molecule has 1 aromatic rings. The molecule has 0 bridgehead atoms. The first-order valence-corrected chi connectivity index (χ1v) is 7.38. The number of hydrogen-bond donors (Lipinski definition) is 2. The Morgan fingerprint density at radius 3 is 2.00 bits per heavy atom. The van der Waals surface area contributed by atoms with Crippen molar-refractivity contribution in [1.82, 2.24) is 5.32 Å². The normalized spacial score (nSPS) is 11.2. The molecular formula is C16H24N2OS. The Balaban J connectivity index is 3.17. The number of carbonyl (C=O) groups is 1. The van der Waals surface area contributed by atoms with E-state index in [9.17, 15) is 4.79 Å². The van der Waals surface area contributed by atoms with Crippen LogP contribution >= 0.6 is 12.2 Å². The summed E-state index contributed by atoms with van der Waals surface area (Å²) in [5.41, 5.74) is 9.06. The zero-order chi connectivity index (χ0) is 15.5. The van der Waals surface area contributed by atoms with Gasteiger partial charge in [0.1, 0.15) is 0 Å². The lowest BCUT2D eigenvalue weighted by atomic mass is 9.91. The molecule has 0 atom stereocenters. The molecule has 0 aliphatic carbocycles. The number of carbonyl (C=O) groups excluding carboxylic acids is 1. The zero-order valence-electron chi connectivity index (χ0n) is 13.0. The fraction of sp³-hybridized carbons (Fsp3) is 0.500. The highest BCUT2D eigenvalue weighted by molar-refractivity contribution is 7.80. The molecule has 0 aliphatic heterocycles. The fourth-order valence-corrected chi connectivity index (χ4v) is 2.99.